The molecule has 4 nitrogen and oxygen atoms in total. The van der Waals surface area contributed by atoms with Crippen LogP contribution in [0.3, 0.4) is 0 Å². The summed E-state index contributed by atoms with van der Waals surface area (Å²) in [5.41, 5.74) is 0. The van der Waals surface area contributed by atoms with Crippen molar-refractivity contribution in [2.45, 2.75) is 75.9 Å². The van der Waals surface area contributed by atoms with Crippen LogP contribution in [-0.2, 0) is 4.79 Å². The summed E-state index contributed by atoms with van der Waals surface area (Å²) in [6.45, 7) is 2.19. The molecule has 4 heteroatoms. The number of hydrogen-bond acceptors (Lipinski definition) is 3. The Morgan fingerprint density at radius 3 is 2.67 bits per heavy atom. The van der Waals surface area contributed by atoms with Gasteiger partial charge in [-0.1, -0.05) is 19.3 Å². The van der Waals surface area contributed by atoms with Crippen molar-refractivity contribution in [1.29, 1.82) is 0 Å². The molecule has 0 radical (unpaired) electrons. The monoisotopic (exact) mass is 294 g/mol. The van der Waals surface area contributed by atoms with E-state index in [1.54, 1.807) is 0 Å². The Morgan fingerprint density at radius 1 is 1.14 bits per heavy atom. The van der Waals surface area contributed by atoms with Gasteiger partial charge in [-0.2, -0.15) is 0 Å². The van der Waals surface area contributed by atoms with Crippen LogP contribution in [0.5, 0.6) is 0 Å². The second-order valence-corrected chi connectivity index (χ2v) is 7.36. The van der Waals surface area contributed by atoms with Crippen molar-refractivity contribution in [2.75, 3.05) is 20.1 Å². The number of nitrogens with zero attached hydrogens (tertiary/aromatic N) is 2. The van der Waals surface area contributed by atoms with E-state index < -0.39 is 5.97 Å². The van der Waals surface area contributed by atoms with E-state index in [2.05, 4.69) is 16.8 Å². The molecular formula is C17H30N2O2. The summed E-state index contributed by atoms with van der Waals surface area (Å²) in [4.78, 5) is 16.5. The van der Waals surface area contributed by atoms with Gasteiger partial charge in [0.1, 0.15) is 6.04 Å². The summed E-state index contributed by atoms with van der Waals surface area (Å²) in [5, 5.41) is 9.57. The second-order valence-electron chi connectivity index (χ2n) is 7.36. The smallest absolute Gasteiger partial charge is 0.320 e. The van der Waals surface area contributed by atoms with Crippen molar-refractivity contribution in [3.05, 3.63) is 0 Å². The predicted octanol–water partition coefficient (Wildman–Crippen LogP) is 2.58. The summed E-state index contributed by atoms with van der Waals surface area (Å²) >= 11 is 0. The lowest BCUT2D eigenvalue weighted by Gasteiger charge is -2.37. The average molecular weight is 294 g/mol. The van der Waals surface area contributed by atoms with Gasteiger partial charge in [-0.15, -0.1) is 0 Å². The summed E-state index contributed by atoms with van der Waals surface area (Å²) < 4.78 is 0. The SMILES string of the molecule is CN1CCCCC1CCN1C(C(=O)O)CC2CCCCC21. The highest BCUT2D eigenvalue weighted by molar-refractivity contribution is 5.74. The van der Waals surface area contributed by atoms with Crippen LogP contribution in [0.4, 0.5) is 0 Å². The third kappa shape index (κ3) is 3.26. The Labute approximate surface area is 128 Å². The Balaban J connectivity index is 1.62. The number of rotatable bonds is 4. The number of carbonyl (C=O) groups is 1. The molecule has 0 aromatic carbocycles. The van der Waals surface area contributed by atoms with Gasteiger partial charge in [0.05, 0.1) is 0 Å². The highest BCUT2D eigenvalue weighted by Gasteiger charge is 2.45. The first-order chi connectivity index (χ1) is 10.2. The van der Waals surface area contributed by atoms with Crippen molar-refractivity contribution in [3.8, 4) is 0 Å². The van der Waals surface area contributed by atoms with Gasteiger partial charge in [0, 0.05) is 18.6 Å². The molecule has 4 unspecified atom stereocenters. The van der Waals surface area contributed by atoms with Crippen LogP contribution in [0.25, 0.3) is 0 Å². The largest absolute Gasteiger partial charge is 0.480 e. The summed E-state index contributed by atoms with van der Waals surface area (Å²) in [5.74, 6) is 0.0466. The number of hydrogen-bond donors (Lipinski definition) is 1. The molecule has 21 heavy (non-hydrogen) atoms. The molecule has 1 saturated carbocycles. The molecule has 3 fully saturated rings. The van der Waals surface area contributed by atoms with E-state index in [-0.39, 0.29) is 6.04 Å². The van der Waals surface area contributed by atoms with Crippen LogP contribution in [-0.4, -0.2) is 59.1 Å². The molecule has 1 N–H and O–H groups in total. The van der Waals surface area contributed by atoms with Crippen LogP contribution >= 0.6 is 0 Å². The van der Waals surface area contributed by atoms with Crippen LogP contribution in [0, 0.1) is 5.92 Å². The van der Waals surface area contributed by atoms with Crippen molar-refractivity contribution < 1.29 is 9.90 Å². The van der Waals surface area contributed by atoms with Crippen molar-refractivity contribution >= 4 is 5.97 Å². The van der Waals surface area contributed by atoms with E-state index >= 15 is 0 Å². The molecular weight excluding hydrogens is 264 g/mol. The standard InChI is InChI=1S/C17H30N2O2/c1-18-10-5-4-7-14(18)9-11-19-15-8-3-2-6-13(15)12-16(19)17(20)21/h13-16H,2-12H2,1H3,(H,20,21). The third-order valence-electron chi connectivity index (χ3n) is 6.15. The quantitative estimate of drug-likeness (QED) is 0.865. The number of fused-ring (bicyclic) bond motifs is 1. The first kappa shape index (κ1) is 15.3. The summed E-state index contributed by atoms with van der Waals surface area (Å²) in [6, 6.07) is 0.997. The lowest BCUT2D eigenvalue weighted by Crippen LogP contribution is -2.45. The molecule has 0 bridgehead atoms. The molecule has 1 aliphatic carbocycles. The summed E-state index contributed by atoms with van der Waals surface area (Å²) in [6.07, 6.45) is 11.0. The van der Waals surface area contributed by atoms with Gasteiger partial charge in [-0.05, 0) is 58.0 Å². The van der Waals surface area contributed by atoms with Crippen LogP contribution in [0.15, 0.2) is 0 Å². The number of piperidine rings is 1. The van der Waals surface area contributed by atoms with Crippen molar-refractivity contribution in [3.63, 3.8) is 0 Å². The molecule has 120 valence electrons. The van der Waals surface area contributed by atoms with E-state index in [0.717, 1.165) is 19.4 Å². The average Bonchev–Trinajstić information content (AvgIpc) is 2.85. The van der Waals surface area contributed by atoms with Gasteiger partial charge in [0.15, 0.2) is 0 Å². The molecule has 3 aliphatic rings. The highest BCUT2D eigenvalue weighted by Crippen LogP contribution is 2.40. The minimum absolute atomic E-state index is 0.216. The van der Waals surface area contributed by atoms with E-state index in [9.17, 15) is 9.90 Å². The second kappa shape index (κ2) is 6.66. The zero-order valence-electron chi connectivity index (χ0n) is 13.3. The van der Waals surface area contributed by atoms with E-state index in [4.69, 9.17) is 0 Å². The zero-order valence-corrected chi connectivity index (χ0v) is 13.3. The normalized spacial score (nSPS) is 38.3. The molecule has 0 spiro atoms. The molecule has 0 amide bonds. The molecule has 2 saturated heterocycles. The molecule has 4 atom stereocenters. The molecule has 0 aromatic heterocycles. The summed E-state index contributed by atoms with van der Waals surface area (Å²) in [7, 11) is 2.23. The van der Waals surface area contributed by atoms with Gasteiger partial charge in [0.25, 0.3) is 0 Å². The first-order valence-electron chi connectivity index (χ1n) is 8.85. The number of likely N-dealkylation sites (tertiary alicyclic amines) is 2. The Hall–Kier alpha value is -0.610. The number of carboxylic acid groups (broad SMARTS) is 1. The highest BCUT2D eigenvalue weighted by atomic mass is 16.4. The van der Waals surface area contributed by atoms with E-state index in [1.165, 1.54) is 51.5 Å². The molecule has 2 heterocycles. The molecule has 2 aliphatic heterocycles. The van der Waals surface area contributed by atoms with Gasteiger partial charge in [-0.25, -0.2) is 0 Å². The van der Waals surface area contributed by atoms with Crippen LogP contribution < -0.4 is 0 Å². The fourth-order valence-electron chi connectivity index (χ4n) is 4.92. The van der Waals surface area contributed by atoms with Crippen LogP contribution in [0.2, 0.25) is 0 Å². The van der Waals surface area contributed by atoms with Gasteiger partial charge < -0.3 is 10.0 Å². The Morgan fingerprint density at radius 2 is 1.90 bits per heavy atom. The minimum Gasteiger partial charge on any atom is -0.480 e. The molecule has 0 aromatic rings. The van der Waals surface area contributed by atoms with Gasteiger partial charge in [-0.3, -0.25) is 9.69 Å². The molecule has 3 rings (SSSR count). The van der Waals surface area contributed by atoms with E-state index in [1.807, 2.05) is 0 Å². The maximum atomic E-state index is 11.6. The number of carboxylic acids is 1. The maximum absolute atomic E-state index is 11.6. The lowest BCUT2D eigenvalue weighted by atomic mass is 9.84. The first-order valence-corrected chi connectivity index (χ1v) is 8.85. The van der Waals surface area contributed by atoms with Crippen LogP contribution in [0.1, 0.15) is 57.8 Å². The van der Waals surface area contributed by atoms with Crippen molar-refractivity contribution in [2.24, 2.45) is 5.92 Å². The fourth-order valence-corrected chi connectivity index (χ4v) is 4.92. The minimum atomic E-state index is -0.596. The maximum Gasteiger partial charge on any atom is 0.320 e. The fraction of sp³-hybridized carbons (Fsp3) is 0.941. The van der Waals surface area contributed by atoms with Gasteiger partial charge >= 0.3 is 5.97 Å². The lowest BCUT2D eigenvalue weighted by molar-refractivity contribution is -0.142. The third-order valence-corrected chi connectivity index (χ3v) is 6.15. The number of aliphatic carboxylic acids is 1. The zero-order chi connectivity index (χ0) is 14.8. The topological polar surface area (TPSA) is 43.8 Å². The predicted molar refractivity (Wildman–Crippen MR) is 83.4 cm³/mol. The van der Waals surface area contributed by atoms with Crippen molar-refractivity contribution in [1.82, 2.24) is 9.80 Å². The van der Waals surface area contributed by atoms with E-state index in [0.29, 0.717) is 18.0 Å². The Kier molecular flexibility index (Phi) is 4.85. The van der Waals surface area contributed by atoms with Gasteiger partial charge in [0.2, 0.25) is 0 Å². The Bertz CT molecular complexity index is 374.